The van der Waals surface area contributed by atoms with Crippen LogP contribution in [0.5, 0.6) is 11.5 Å². The Bertz CT molecular complexity index is 610. The molecule has 0 spiro atoms. The molecule has 2 N–H and O–H groups in total. The van der Waals surface area contributed by atoms with E-state index in [0.717, 1.165) is 14.2 Å². The van der Waals surface area contributed by atoms with E-state index < -0.39 is 11.9 Å². The lowest BCUT2D eigenvalue weighted by Crippen LogP contribution is -2.12. The molecule has 2 aromatic rings. The lowest BCUT2D eigenvalue weighted by Gasteiger charge is -2.15. The van der Waals surface area contributed by atoms with Crippen LogP contribution >= 0.6 is 27.3 Å². The van der Waals surface area contributed by atoms with Crippen molar-refractivity contribution < 1.29 is 13.9 Å². The van der Waals surface area contributed by atoms with Crippen molar-refractivity contribution in [2.45, 2.75) is 13.0 Å². The molecule has 1 aromatic heterocycles. The highest BCUT2D eigenvalue weighted by Crippen LogP contribution is 2.37. The van der Waals surface area contributed by atoms with Crippen LogP contribution in [0.3, 0.4) is 0 Å². The molecule has 1 aromatic carbocycles. The fourth-order valence-corrected chi connectivity index (χ4v) is 3.49. The van der Waals surface area contributed by atoms with Gasteiger partial charge in [0.05, 0.1) is 24.0 Å². The number of thiophene rings is 1. The number of rotatable bonds is 4. The van der Waals surface area contributed by atoms with Crippen LogP contribution in [0.4, 0.5) is 4.39 Å². The number of hydrogen-bond acceptors (Lipinski definition) is 4. The molecular formula is C14H15BrFNO2S. The van der Waals surface area contributed by atoms with E-state index in [1.54, 1.807) is 6.07 Å². The molecule has 0 bridgehead atoms. The molecule has 0 aliphatic carbocycles. The first-order valence-electron chi connectivity index (χ1n) is 5.90. The number of ether oxygens (including phenoxy) is 2. The number of hydrogen-bond donors (Lipinski definition) is 1. The SMILES string of the molecule is COc1cc(F)c(C(N)c2cc(C)c(Br)s2)cc1OC. The molecule has 3 nitrogen and oxygen atoms in total. The lowest BCUT2D eigenvalue weighted by molar-refractivity contribution is 0.351. The lowest BCUT2D eigenvalue weighted by atomic mass is 10.0. The molecule has 1 atom stereocenters. The number of halogens is 2. The summed E-state index contributed by atoms with van der Waals surface area (Å²) in [5.41, 5.74) is 7.64. The van der Waals surface area contributed by atoms with Crippen LogP contribution in [0.15, 0.2) is 22.0 Å². The average Bonchev–Trinajstić information content (AvgIpc) is 2.77. The molecule has 0 saturated carbocycles. The maximum atomic E-state index is 14.2. The highest BCUT2D eigenvalue weighted by molar-refractivity contribution is 9.11. The minimum absolute atomic E-state index is 0.351. The van der Waals surface area contributed by atoms with Gasteiger partial charge in [-0.2, -0.15) is 0 Å². The monoisotopic (exact) mass is 359 g/mol. The van der Waals surface area contributed by atoms with Gasteiger partial charge < -0.3 is 15.2 Å². The second kappa shape index (κ2) is 6.11. The van der Waals surface area contributed by atoms with Crippen LogP contribution in [-0.4, -0.2) is 14.2 Å². The van der Waals surface area contributed by atoms with Crippen molar-refractivity contribution in [1.29, 1.82) is 0 Å². The van der Waals surface area contributed by atoms with Gasteiger partial charge in [0.25, 0.3) is 0 Å². The zero-order valence-electron chi connectivity index (χ0n) is 11.4. The van der Waals surface area contributed by atoms with E-state index in [9.17, 15) is 4.39 Å². The van der Waals surface area contributed by atoms with Gasteiger partial charge in [-0.25, -0.2) is 4.39 Å². The number of nitrogens with two attached hydrogens (primary N) is 1. The Hall–Kier alpha value is -1.11. The molecule has 108 valence electrons. The molecule has 6 heteroatoms. The predicted molar refractivity (Wildman–Crippen MR) is 82.3 cm³/mol. The second-order valence-corrected chi connectivity index (χ2v) is 6.71. The Kier molecular flexibility index (Phi) is 4.67. The summed E-state index contributed by atoms with van der Waals surface area (Å²) in [7, 11) is 2.98. The Morgan fingerprint density at radius 2 is 1.80 bits per heavy atom. The molecular weight excluding hydrogens is 345 g/mol. The maximum absolute atomic E-state index is 14.2. The van der Waals surface area contributed by atoms with Gasteiger partial charge in [0.15, 0.2) is 11.5 Å². The van der Waals surface area contributed by atoms with Gasteiger partial charge in [0, 0.05) is 16.5 Å². The summed E-state index contributed by atoms with van der Waals surface area (Å²) in [6.45, 7) is 1.97. The Morgan fingerprint density at radius 1 is 1.20 bits per heavy atom. The molecule has 20 heavy (non-hydrogen) atoms. The van der Waals surface area contributed by atoms with Crippen LogP contribution in [0.25, 0.3) is 0 Å². The third-order valence-corrected chi connectivity index (χ3v) is 5.24. The van der Waals surface area contributed by atoms with Gasteiger partial charge in [0.2, 0.25) is 0 Å². The number of methoxy groups -OCH3 is 2. The third kappa shape index (κ3) is 2.82. The van der Waals surface area contributed by atoms with Crippen molar-refractivity contribution in [3.05, 3.63) is 43.8 Å². The van der Waals surface area contributed by atoms with Crippen LogP contribution in [-0.2, 0) is 0 Å². The normalized spacial score (nSPS) is 12.3. The quantitative estimate of drug-likeness (QED) is 0.896. The van der Waals surface area contributed by atoms with E-state index in [1.807, 2.05) is 13.0 Å². The minimum atomic E-state index is -0.537. The third-order valence-electron chi connectivity index (χ3n) is 3.02. The molecule has 0 radical (unpaired) electrons. The van der Waals surface area contributed by atoms with Gasteiger partial charge in [-0.15, -0.1) is 11.3 Å². The van der Waals surface area contributed by atoms with Crippen molar-refractivity contribution in [2.75, 3.05) is 14.2 Å². The van der Waals surface area contributed by atoms with E-state index in [1.165, 1.54) is 31.6 Å². The summed E-state index contributed by atoms with van der Waals surface area (Å²) < 4.78 is 25.4. The first-order valence-corrected chi connectivity index (χ1v) is 7.51. The summed E-state index contributed by atoms with van der Waals surface area (Å²) >= 11 is 4.95. The minimum Gasteiger partial charge on any atom is -0.493 e. The van der Waals surface area contributed by atoms with Crippen LogP contribution < -0.4 is 15.2 Å². The standard InChI is InChI=1S/C14H15BrFNO2S/c1-7-4-12(20-14(7)15)13(17)8-5-10(18-2)11(19-3)6-9(8)16/h4-6,13H,17H2,1-3H3. The number of benzene rings is 1. The molecule has 0 aliphatic rings. The summed E-state index contributed by atoms with van der Waals surface area (Å²) in [5.74, 6) is 0.411. The van der Waals surface area contributed by atoms with Gasteiger partial charge in [0.1, 0.15) is 5.82 Å². The first kappa shape index (κ1) is 15.3. The van der Waals surface area contributed by atoms with Crippen LogP contribution in [0.1, 0.15) is 22.0 Å². The summed E-state index contributed by atoms with van der Waals surface area (Å²) in [6, 6.07) is 4.30. The summed E-state index contributed by atoms with van der Waals surface area (Å²) in [6.07, 6.45) is 0. The number of aryl methyl sites for hydroxylation is 1. The highest BCUT2D eigenvalue weighted by Gasteiger charge is 2.20. The second-order valence-electron chi connectivity index (χ2n) is 4.31. The Balaban J connectivity index is 2.46. The van der Waals surface area contributed by atoms with E-state index in [-0.39, 0.29) is 0 Å². The topological polar surface area (TPSA) is 44.5 Å². The van der Waals surface area contributed by atoms with Gasteiger partial charge >= 0.3 is 0 Å². The van der Waals surface area contributed by atoms with E-state index >= 15 is 0 Å². The van der Waals surface area contributed by atoms with Crippen molar-refractivity contribution in [3.8, 4) is 11.5 Å². The van der Waals surface area contributed by atoms with Crippen molar-refractivity contribution >= 4 is 27.3 Å². The smallest absolute Gasteiger partial charge is 0.163 e. The zero-order valence-corrected chi connectivity index (χ0v) is 13.8. The average molecular weight is 360 g/mol. The Morgan fingerprint density at radius 3 is 2.30 bits per heavy atom. The summed E-state index contributed by atoms with van der Waals surface area (Å²) in [4.78, 5) is 0.889. The van der Waals surface area contributed by atoms with Crippen LogP contribution in [0, 0.1) is 12.7 Å². The fraction of sp³-hybridized carbons (Fsp3) is 0.286. The zero-order chi connectivity index (χ0) is 14.9. The molecule has 1 unspecified atom stereocenters. The molecule has 2 rings (SSSR count). The highest BCUT2D eigenvalue weighted by atomic mass is 79.9. The Labute approximate surface area is 129 Å². The van der Waals surface area contributed by atoms with Crippen molar-refractivity contribution in [2.24, 2.45) is 5.73 Å². The van der Waals surface area contributed by atoms with Gasteiger partial charge in [-0.05, 0) is 40.5 Å². The predicted octanol–water partition coefficient (Wildman–Crippen LogP) is 4.02. The summed E-state index contributed by atoms with van der Waals surface area (Å²) in [5, 5.41) is 0. The van der Waals surface area contributed by atoms with E-state index in [2.05, 4.69) is 15.9 Å². The molecule has 0 saturated heterocycles. The molecule has 0 amide bonds. The maximum Gasteiger partial charge on any atom is 0.163 e. The first-order chi connectivity index (χ1) is 9.47. The van der Waals surface area contributed by atoms with Crippen molar-refractivity contribution in [3.63, 3.8) is 0 Å². The fourth-order valence-electron chi connectivity index (χ4n) is 1.90. The molecule has 0 aliphatic heterocycles. The van der Waals surface area contributed by atoms with E-state index in [0.29, 0.717) is 17.1 Å². The molecule has 1 heterocycles. The van der Waals surface area contributed by atoms with Crippen molar-refractivity contribution in [1.82, 2.24) is 0 Å². The van der Waals surface area contributed by atoms with Gasteiger partial charge in [-0.3, -0.25) is 0 Å². The van der Waals surface area contributed by atoms with Gasteiger partial charge in [-0.1, -0.05) is 0 Å². The van der Waals surface area contributed by atoms with Crippen LogP contribution in [0.2, 0.25) is 0 Å². The van der Waals surface area contributed by atoms with E-state index in [4.69, 9.17) is 15.2 Å². The largest absolute Gasteiger partial charge is 0.493 e. The molecule has 0 fully saturated rings.